The van der Waals surface area contributed by atoms with Gasteiger partial charge >= 0.3 is 6.03 Å². The van der Waals surface area contributed by atoms with Gasteiger partial charge in [0.25, 0.3) is 0 Å². The molecule has 1 aliphatic heterocycles. The highest BCUT2D eigenvalue weighted by Gasteiger charge is 2.15. The monoisotopic (exact) mass is 227 g/mol. The van der Waals surface area contributed by atoms with Crippen molar-refractivity contribution >= 4 is 27.6 Å². The summed E-state index contributed by atoms with van der Waals surface area (Å²) in [6.07, 6.45) is 3.39. The summed E-state index contributed by atoms with van der Waals surface area (Å²) in [6, 6.07) is -0.172. The molecule has 0 saturated heterocycles. The molecule has 4 nitrogen and oxygen atoms in total. The number of fused-ring (bicyclic) bond motifs is 1. The zero-order valence-electron chi connectivity index (χ0n) is 6.10. The Balaban J connectivity index is 2.50. The molecule has 0 bridgehead atoms. The van der Waals surface area contributed by atoms with Crippen LogP contribution in [0.3, 0.4) is 0 Å². The van der Waals surface area contributed by atoms with Crippen LogP contribution in [0.25, 0.3) is 0 Å². The molecule has 0 aromatic carbocycles. The number of anilines is 1. The lowest BCUT2D eigenvalue weighted by Gasteiger charge is -2.18. The molecule has 0 aliphatic carbocycles. The van der Waals surface area contributed by atoms with E-state index in [4.69, 9.17) is 0 Å². The maximum Gasteiger partial charge on any atom is 0.319 e. The zero-order chi connectivity index (χ0) is 8.55. The van der Waals surface area contributed by atoms with Crippen LogP contribution < -0.4 is 10.6 Å². The van der Waals surface area contributed by atoms with Crippen molar-refractivity contribution in [2.24, 2.45) is 0 Å². The molecule has 2 amide bonds. The molecule has 2 heterocycles. The fourth-order valence-corrected chi connectivity index (χ4v) is 1.55. The molecule has 1 aliphatic rings. The normalized spacial score (nSPS) is 14.6. The molecule has 0 radical (unpaired) electrons. The third-order valence-electron chi connectivity index (χ3n) is 1.66. The summed E-state index contributed by atoms with van der Waals surface area (Å²) in [5, 5.41) is 5.35. The summed E-state index contributed by atoms with van der Waals surface area (Å²) in [4.78, 5) is 14.9. The number of halogens is 1. The van der Waals surface area contributed by atoms with E-state index in [0.29, 0.717) is 6.54 Å². The number of pyridine rings is 1. The molecule has 0 atom stereocenters. The smallest absolute Gasteiger partial charge is 0.319 e. The number of rotatable bonds is 0. The molecule has 2 N–H and O–H groups in total. The number of carbonyl (C=O) groups is 1. The average molecular weight is 228 g/mol. The van der Waals surface area contributed by atoms with Crippen molar-refractivity contribution < 1.29 is 4.79 Å². The number of nitrogens with zero attached hydrogens (tertiary/aromatic N) is 1. The van der Waals surface area contributed by atoms with Gasteiger partial charge in [0.1, 0.15) is 0 Å². The predicted octanol–water partition coefficient (Wildman–Crippen LogP) is 1.48. The molecule has 1 aromatic rings. The van der Waals surface area contributed by atoms with E-state index >= 15 is 0 Å². The number of amides is 2. The number of hydrogen-bond donors (Lipinski definition) is 2. The molecule has 0 spiro atoms. The van der Waals surface area contributed by atoms with E-state index in [1.807, 2.05) is 0 Å². The average Bonchev–Trinajstić information content (AvgIpc) is 2.07. The van der Waals surface area contributed by atoms with Crippen LogP contribution >= 0.6 is 15.9 Å². The molecular formula is C7H6BrN3O. The largest absolute Gasteiger partial charge is 0.334 e. The van der Waals surface area contributed by atoms with Crippen LogP contribution in [0.15, 0.2) is 16.9 Å². The highest BCUT2D eigenvalue weighted by molar-refractivity contribution is 9.10. The lowest BCUT2D eigenvalue weighted by atomic mass is 10.2. The van der Waals surface area contributed by atoms with Gasteiger partial charge in [0, 0.05) is 24.5 Å². The van der Waals surface area contributed by atoms with E-state index in [1.165, 1.54) is 0 Å². The SMILES string of the molecule is O=C1NCc2cncc(Br)c2N1. The third-order valence-corrected chi connectivity index (χ3v) is 2.26. The Morgan fingerprint density at radius 2 is 2.33 bits per heavy atom. The summed E-state index contributed by atoms with van der Waals surface area (Å²) in [5.74, 6) is 0. The van der Waals surface area contributed by atoms with Crippen molar-refractivity contribution in [3.8, 4) is 0 Å². The van der Waals surface area contributed by atoms with Gasteiger partial charge in [0.05, 0.1) is 10.2 Å². The van der Waals surface area contributed by atoms with Crippen LogP contribution in [0, 0.1) is 0 Å². The topological polar surface area (TPSA) is 54.0 Å². The summed E-state index contributed by atoms with van der Waals surface area (Å²) in [5.41, 5.74) is 1.80. The van der Waals surface area contributed by atoms with Crippen molar-refractivity contribution in [3.63, 3.8) is 0 Å². The summed E-state index contributed by atoms with van der Waals surface area (Å²) < 4.78 is 0.815. The maximum absolute atomic E-state index is 10.9. The first-order valence-electron chi connectivity index (χ1n) is 3.44. The fourth-order valence-electron chi connectivity index (χ4n) is 1.08. The van der Waals surface area contributed by atoms with E-state index < -0.39 is 0 Å². The van der Waals surface area contributed by atoms with Gasteiger partial charge in [-0.15, -0.1) is 0 Å². The van der Waals surface area contributed by atoms with E-state index in [0.717, 1.165) is 15.7 Å². The van der Waals surface area contributed by atoms with Crippen LogP contribution in [0.5, 0.6) is 0 Å². The lowest BCUT2D eigenvalue weighted by Crippen LogP contribution is -2.33. The first kappa shape index (κ1) is 7.54. The van der Waals surface area contributed by atoms with Gasteiger partial charge in [-0.25, -0.2) is 4.79 Å². The summed E-state index contributed by atoms with van der Waals surface area (Å²) >= 11 is 3.30. The molecule has 1 aromatic heterocycles. The third kappa shape index (κ3) is 1.16. The van der Waals surface area contributed by atoms with Crippen molar-refractivity contribution in [1.82, 2.24) is 10.3 Å². The lowest BCUT2D eigenvalue weighted by molar-refractivity contribution is 0.251. The highest BCUT2D eigenvalue weighted by atomic mass is 79.9. The van der Waals surface area contributed by atoms with Crippen LogP contribution in [-0.2, 0) is 6.54 Å². The van der Waals surface area contributed by atoms with Gasteiger partial charge in [-0.3, -0.25) is 4.98 Å². The predicted molar refractivity (Wildman–Crippen MR) is 47.8 cm³/mol. The second-order valence-corrected chi connectivity index (χ2v) is 3.32. The first-order valence-corrected chi connectivity index (χ1v) is 4.24. The highest BCUT2D eigenvalue weighted by Crippen LogP contribution is 2.26. The summed E-state index contributed by atoms with van der Waals surface area (Å²) in [7, 11) is 0. The molecular weight excluding hydrogens is 222 g/mol. The van der Waals surface area contributed by atoms with Gasteiger partial charge in [-0.05, 0) is 15.9 Å². The Morgan fingerprint density at radius 3 is 3.17 bits per heavy atom. The van der Waals surface area contributed by atoms with Crippen LogP contribution in [0.4, 0.5) is 10.5 Å². The fraction of sp³-hybridized carbons (Fsp3) is 0.143. The second kappa shape index (κ2) is 2.75. The van der Waals surface area contributed by atoms with Crippen LogP contribution in [0.2, 0.25) is 0 Å². The zero-order valence-corrected chi connectivity index (χ0v) is 7.68. The van der Waals surface area contributed by atoms with Gasteiger partial charge in [0.2, 0.25) is 0 Å². The van der Waals surface area contributed by atoms with E-state index in [9.17, 15) is 4.79 Å². The van der Waals surface area contributed by atoms with Crippen LogP contribution in [0.1, 0.15) is 5.56 Å². The number of carbonyl (C=O) groups excluding carboxylic acids is 1. The van der Waals surface area contributed by atoms with E-state index in [1.54, 1.807) is 12.4 Å². The number of nitrogens with one attached hydrogen (secondary N) is 2. The van der Waals surface area contributed by atoms with E-state index in [-0.39, 0.29) is 6.03 Å². The Bertz CT molecular complexity index is 339. The molecule has 0 fully saturated rings. The Labute approximate surface area is 77.5 Å². The standard InChI is InChI=1S/C7H6BrN3O/c8-5-3-9-1-4-2-10-7(12)11-6(4)5/h1,3H,2H2,(H2,10,11,12). The minimum Gasteiger partial charge on any atom is -0.334 e. The van der Waals surface area contributed by atoms with Crippen molar-refractivity contribution in [1.29, 1.82) is 0 Å². The second-order valence-electron chi connectivity index (χ2n) is 2.46. The van der Waals surface area contributed by atoms with Crippen molar-refractivity contribution in [3.05, 3.63) is 22.4 Å². The molecule has 0 saturated carbocycles. The van der Waals surface area contributed by atoms with Gasteiger partial charge < -0.3 is 10.6 Å². The van der Waals surface area contributed by atoms with E-state index in [2.05, 4.69) is 31.5 Å². The van der Waals surface area contributed by atoms with Gasteiger partial charge in [-0.1, -0.05) is 0 Å². The Morgan fingerprint density at radius 1 is 1.50 bits per heavy atom. The molecule has 0 unspecified atom stereocenters. The quantitative estimate of drug-likeness (QED) is 0.706. The van der Waals surface area contributed by atoms with Crippen molar-refractivity contribution in [2.45, 2.75) is 6.54 Å². The summed E-state index contributed by atoms with van der Waals surface area (Å²) in [6.45, 7) is 0.535. The Kier molecular flexibility index (Phi) is 1.73. The van der Waals surface area contributed by atoms with Crippen LogP contribution in [-0.4, -0.2) is 11.0 Å². The minimum absolute atomic E-state index is 0.172. The number of urea groups is 1. The number of aromatic nitrogens is 1. The minimum atomic E-state index is -0.172. The molecule has 5 heteroatoms. The first-order chi connectivity index (χ1) is 5.77. The van der Waals surface area contributed by atoms with Gasteiger partial charge in [-0.2, -0.15) is 0 Å². The Hall–Kier alpha value is -1.10. The number of hydrogen-bond acceptors (Lipinski definition) is 2. The molecule has 2 rings (SSSR count). The molecule has 62 valence electrons. The maximum atomic E-state index is 10.9. The molecule has 12 heavy (non-hydrogen) atoms. The van der Waals surface area contributed by atoms with Crippen molar-refractivity contribution in [2.75, 3.05) is 5.32 Å². The van der Waals surface area contributed by atoms with Gasteiger partial charge in [0.15, 0.2) is 0 Å².